The highest BCUT2D eigenvalue weighted by Crippen LogP contribution is 2.32. The van der Waals surface area contributed by atoms with Crippen molar-refractivity contribution in [1.82, 2.24) is 5.16 Å². The maximum Gasteiger partial charge on any atom is 0.264 e. The number of carbonyl (C=O) groups excluding carboxylic acids is 1. The fourth-order valence-electron chi connectivity index (χ4n) is 2.84. The van der Waals surface area contributed by atoms with Crippen molar-refractivity contribution in [2.24, 2.45) is 0 Å². The summed E-state index contributed by atoms with van der Waals surface area (Å²) in [5, 5.41) is 6.37. The molecule has 138 valence electrons. The first-order chi connectivity index (χ1) is 13.0. The number of fused-ring (bicyclic) bond motifs is 1. The van der Waals surface area contributed by atoms with Gasteiger partial charge in [-0.3, -0.25) is 4.79 Å². The van der Waals surface area contributed by atoms with Gasteiger partial charge in [0, 0.05) is 5.69 Å². The van der Waals surface area contributed by atoms with Crippen LogP contribution in [0.25, 0.3) is 11.1 Å². The van der Waals surface area contributed by atoms with E-state index in [1.165, 1.54) is 18.3 Å². The molecule has 2 heterocycles. The van der Waals surface area contributed by atoms with Gasteiger partial charge in [-0.25, -0.2) is 13.1 Å². The van der Waals surface area contributed by atoms with Gasteiger partial charge in [-0.05, 0) is 41.5 Å². The number of anilines is 2. The molecule has 0 unspecified atom stereocenters. The zero-order valence-electron chi connectivity index (χ0n) is 14.2. The number of methoxy groups -OCH3 is 1. The largest absolute Gasteiger partial charge is 0.497 e. The molecule has 1 aliphatic rings. The minimum absolute atomic E-state index is 0.00914. The second-order valence-corrected chi connectivity index (χ2v) is 7.63. The SMILES string of the molecule is COc1ccc(-c2cnoc2NS(=O)(=O)c2ccc3c(c2)CC(=O)N3)cc1. The fraction of sp³-hybridized carbons (Fsp3) is 0.111. The molecule has 3 aromatic rings. The van der Waals surface area contributed by atoms with Crippen LogP contribution in [0.4, 0.5) is 11.6 Å². The average Bonchev–Trinajstić information content (AvgIpc) is 3.26. The number of amides is 1. The van der Waals surface area contributed by atoms with E-state index in [1.54, 1.807) is 37.4 Å². The lowest BCUT2D eigenvalue weighted by molar-refractivity contribution is -0.115. The van der Waals surface area contributed by atoms with Crippen molar-refractivity contribution in [3.05, 3.63) is 54.2 Å². The number of nitrogens with zero attached hydrogens (tertiary/aromatic N) is 1. The minimum atomic E-state index is -3.91. The Labute approximate surface area is 155 Å². The van der Waals surface area contributed by atoms with E-state index >= 15 is 0 Å². The number of rotatable bonds is 5. The van der Waals surface area contributed by atoms with E-state index in [0.29, 0.717) is 22.6 Å². The zero-order chi connectivity index (χ0) is 19.0. The van der Waals surface area contributed by atoms with E-state index in [9.17, 15) is 13.2 Å². The molecule has 0 aliphatic carbocycles. The quantitative estimate of drug-likeness (QED) is 0.699. The van der Waals surface area contributed by atoms with Gasteiger partial charge in [0.25, 0.3) is 10.0 Å². The summed E-state index contributed by atoms with van der Waals surface area (Å²) >= 11 is 0. The van der Waals surface area contributed by atoms with Crippen LogP contribution in [0.3, 0.4) is 0 Å². The molecule has 1 aliphatic heterocycles. The van der Waals surface area contributed by atoms with Crippen molar-refractivity contribution in [3.8, 4) is 16.9 Å². The second kappa shape index (κ2) is 6.44. The molecule has 27 heavy (non-hydrogen) atoms. The van der Waals surface area contributed by atoms with Gasteiger partial charge in [0.1, 0.15) is 5.75 Å². The molecule has 4 rings (SSSR count). The summed E-state index contributed by atoms with van der Waals surface area (Å²) in [4.78, 5) is 11.5. The van der Waals surface area contributed by atoms with Crippen LogP contribution < -0.4 is 14.8 Å². The molecule has 0 bridgehead atoms. The summed E-state index contributed by atoms with van der Waals surface area (Å²) in [5.41, 5.74) is 2.48. The first-order valence-electron chi connectivity index (χ1n) is 8.01. The van der Waals surface area contributed by atoms with Crippen molar-refractivity contribution in [2.75, 3.05) is 17.1 Å². The van der Waals surface area contributed by atoms with Crippen molar-refractivity contribution >= 4 is 27.5 Å². The Balaban J connectivity index is 1.63. The van der Waals surface area contributed by atoms with E-state index in [-0.39, 0.29) is 23.1 Å². The summed E-state index contributed by atoms with van der Waals surface area (Å²) in [7, 11) is -2.35. The molecule has 0 fully saturated rings. The molecule has 1 aromatic heterocycles. The molecule has 0 spiro atoms. The topological polar surface area (TPSA) is 111 Å². The monoisotopic (exact) mass is 385 g/mol. The zero-order valence-corrected chi connectivity index (χ0v) is 15.0. The van der Waals surface area contributed by atoms with Gasteiger partial charge in [0.15, 0.2) is 0 Å². The molecule has 0 radical (unpaired) electrons. The van der Waals surface area contributed by atoms with Gasteiger partial charge in [0.2, 0.25) is 11.8 Å². The Morgan fingerprint density at radius 1 is 1.19 bits per heavy atom. The number of benzene rings is 2. The fourth-order valence-corrected chi connectivity index (χ4v) is 3.90. The third-order valence-corrected chi connectivity index (χ3v) is 5.54. The van der Waals surface area contributed by atoms with Gasteiger partial charge in [-0.2, -0.15) is 0 Å². The molecule has 0 atom stereocenters. The second-order valence-electron chi connectivity index (χ2n) is 5.95. The Morgan fingerprint density at radius 3 is 2.70 bits per heavy atom. The predicted octanol–water partition coefficient (Wildman–Crippen LogP) is 2.65. The Morgan fingerprint density at radius 2 is 1.96 bits per heavy atom. The van der Waals surface area contributed by atoms with E-state index < -0.39 is 10.0 Å². The van der Waals surface area contributed by atoms with E-state index in [2.05, 4.69) is 15.2 Å². The number of aromatic nitrogens is 1. The van der Waals surface area contributed by atoms with Crippen molar-refractivity contribution in [3.63, 3.8) is 0 Å². The van der Waals surface area contributed by atoms with E-state index in [1.807, 2.05) is 0 Å². The molecular formula is C18H15N3O5S. The molecule has 2 N–H and O–H groups in total. The lowest BCUT2D eigenvalue weighted by Crippen LogP contribution is -2.13. The van der Waals surface area contributed by atoms with Crippen LogP contribution in [-0.4, -0.2) is 26.6 Å². The lowest BCUT2D eigenvalue weighted by atomic mass is 10.1. The molecule has 8 nitrogen and oxygen atoms in total. The Hall–Kier alpha value is -3.33. The number of hydrogen-bond acceptors (Lipinski definition) is 6. The maximum atomic E-state index is 12.7. The van der Waals surface area contributed by atoms with Crippen LogP contribution >= 0.6 is 0 Å². The summed E-state index contributed by atoms with van der Waals surface area (Å²) in [6.45, 7) is 0. The Bertz CT molecular complexity index is 1120. The third kappa shape index (κ3) is 3.24. The highest BCUT2D eigenvalue weighted by atomic mass is 32.2. The maximum absolute atomic E-state index is 12.7. The highest BCUT2D eigenvalue weighted by Gasteiger charge is 2.24. The van der Waals surface area contributed by atoms with Gasteiger partial charge in [-0.15, -0.1) is 0 Å². The smallest absolute Gasteiger partial charge is 0.264 e. The molecule has 9 heteroatoms. The molecular weight excluding hydrogens is 370 g/mol. The molecule has 0 saturated carbocycles. The standard InChI is InChI=1S/C18H15N3O5S/c1-25-13-4-2-11(3-5-13)15-10-19-26-18(15)21-27(23,24)14-6-7-16-12(8-14)9-17(22)20-16/h2-8,10,21H,9H2,1H3,(H,20,22). The summed E-state index contributed by atoms with van der Waals surface area (Å²) in [5.74, 6) is 0.526. The van der Waals surface area contributed by atoms with Gasteiger partial charge in [-0.1, -0.05) is 17.3 Å². The summed E-state index contributed by atoms with van der Waals surface area (Å²) in [6, 6.07) is 11.5. The number of nitrogens with one attached hydrogen (secondary N) is 2. The number of ether oxygens (including phenoxy) is 1. The van der Waals surface area contributed by atoms with Crippen LogP contribution in [0.15, 0.2) is 58.1 Å². The van der Waals surface area contributed by atoms with Crippen LogP contribution in [0.5, 0.6) is 5.75 Å². The average molecular weight is 385 g/mol. The number of hydrogen-bond donors (Lipinski definition) is 2. The minimum Gasteiger partial charge on any atom is -0.497 e. The van der Waals surface area contributed by atoms with E-state index in [4.69, 9.17) is 9.26 Å². The third-order valence-electron chi connectivity index (χ3n) is 4.21. The lowest BCUT2D eigenvalue weighted by Gasteiger charge is -2.08. The van der Waals surface area contributed by atoms with Gasteiger partial charge < -0.3 is 14.6 Å². The molecule has 2 aromatic carbocycles. The first-order valence-corrected chi connectivity index (χ1v) is 9.49. The van der Waals surface area contributed by atoms with Crippen LogP contribution in [0, 0.1) is 0 Å². The van der Waals surface area contributed by atoms with E-state index in [0.717, 1.165) is 5.56 Å². The van der Waals surface area contributed by atoms with Gasteiger partial charge >= 0.3 is 0 Å². The Kier molecular flexibility index (Phi) is 4.08. The normalized spacial score (nSPS) is 13.1. The first kappa shape index (κ1) is 17.1. The highest BCUT2D eigenvalue weighted by molar-refractivity contribution is 7.92. The number of sulfonamides is 1. The number of carbonyl (C=O) groups is 1. The van der Waals surface area contributed by atoms with Crippen molar-refractivity contribution in [1.29, 1.82) is 0 Å². The summed E-state index contributed by atoms with van der Waals surface area (Å²) in [6.07, 6.45) is 1.59. The van der Waals surface area contributed by atoms with Crippen LogP contribution in [0.1, 0.15) is 5.56 Å². The van der Waals surface area contributed by atoms with Crippen LogP contribution in [-0.2, 0) is 21.2 Å². The molecule has 1 amide bonds. The van der Waals surface area contributed by atoms with Crippen LogP contribution in [0.2, 0.25) is 0 Å². The molecule has 0 saturated heterocycles. The predicted molar refractivity (Wildman–Crippen MR) is 98.1 cm³/mol. The summed E-state index contributed by atoms with van der Waals surface area (Å²) < 4.78 is 38.1. The van der Waals surface area contributed by atoms with Gasteiger partial charge in [0.05, 0.1) is 30.2 Å². The van der Waals surface area contributed by atoms with Crippen molar-refractivity contribution < 1.29 is 22.5 Å². The van der Waals surface area contributed by atoms with Crippen molar-refractivity contribution in [2.45, 2.75) is 11.3 Å².